The quantitative estimate of drug-likeness (QED) is 0.606. The Labute approximate surface area is 70.5 Å². The lowest BCUT2D eigenvalue weighted by atomic mass is 9.87. The maximum Gasteiger partial charge on any atom is 0.0214 e. The minimum Gasteiger partial charge on any atom is -0.326 e. The molecule has 0 fully saturated rings. The van der Waals surface area contributed by atoms with Crippen LogP contribution >= 0.6 is 0 Å². The van der Waals surface area contributed by atoms with E-state index in [0.29, 0.717) is 0 Å². The van der Waals surface area contributed by atoms with Gasteiger partial charge in [0, 0.05) is 12.6 Å². The molecule has 0 aliphatic rings. The fraction of sp³-hybridized carbons (Fsp3) is 1.00. The van der Waals surface area contributed by atoms with Crippen molar-refractivity contribution in [2.75, 3.05) is 13.1 Å². The van der Waals surface area contributed by atoms with Crippen LogP contribution in [0.3, 0.4) is 0 Å². The van der Waals surface area contributed by atoms with Crippen molar-refractivity contribution in [1.82, 2.24) is 5.32 Å². The molecule has 0 heterocycles. The Morgan fingerprint density at radius 1 is 1.36 bits per heavy atom. The molecule has 0 aromatic carbocycles. The summed E-state index contributed by atoms with van der Waals surface area (Å²) in [5, 5.41) is 3.32. The van der Waals surface area contributed by atoms with Gasteiger partial charge in [-0.2, -0.15) is 0 Å². The minimum atomic E-state index is 0.223. The van der Waals surface area contributed by atoms with Crippen molar-refractivity contribution in [3.63, 3.8) is 0 Å². The second-order valence-electron chi connectivity index (χ2n) is 4.18. The fourth-order valence-corrected chi connectivity index (χ4v) is 0.741. The summed E-state index contributed by atoms with van der Waals surface area (Å²) >= 11 is 0. The monoisotopic (exact) mass is 158 g/mol. The zero-order valence-electron chi connectivity index (χ0n) is 8.28. The number of nitrogens with one attached hydrogen (secondary N) is 1. The van der Waals surface area contributed by atoms with E-state index in [1.807, 2.05) is 0 Å². The van der Waals surface area contributed by atoms with Crippen LogP contribution in [0.2, 0.25) is 0 Å². The molecule has 2 nitrogen and oxygen atoms in total. The fourth-order valence-electron chi connectivity index (χ4n) is 0.741. The van der Waals surface area contributed by atoms with Gasteiger partial charge in [0.05, 0.1) is 0 Å². The maximum absolute atomic E-state index is 5.93. The zero-order valence-corrected chi connectivity index (χ0v) is 8.28. The van der Waals surface area contributed by atoms with Gasteiger partial charge in [-0.3, -0.25) is 0 Å². The van der Waals surface area contributed by atoms with E-state index in [9.17, 15) is 0 Å². The second kappa shape index (κ2) is 4.73. The van der Waals surface area contributed by atoms with Gasteiger partial charge in [-0.05, 0) is 18.4 Å². The van der Waals surface area contributed by atoms with Crippen molar-refractivity contribution in [2.45, 2.75) is 40.2 Å². The summed E-state index contributed by atoms with van der Waals surface area (Å²) in [5.41, 5.74) is 6.15. The van der Waals surface area contributed by atoms with E-state index in [1.165, 1.54) is 6.42 Å². The van der Waals surface area contributed by atoms with E-state index in [1.54, 1.807) is 0 Å². The SMILES string of the molecule is CCCNCC(N)C(C)(C)C. The summed E-state index contributed by atoms with van der Waals surface area (Å²) in [6.45, 7) is 10.7. The zero-order chi connectivity index (χ0) is 8.91. The van der Waals surface area contributed by atoms with E-state index in [0.717, 1.165) is 13.1 Å². The Morgan fingerprint density at radius 2 is 1.91 bits per heavy atom. The molecule has 0 bridgehead atoms. The lowest BCUT2D eigenvalue weighted by Crippen LogP contribution is -2.43. The van der Waals surface area contributed by atoms with Gasteiger partial charge in [-0.1, -0.05) is 27.7 Å². The van der Waals surface area contributed by atoms with Crippen LogP contribution in [0.4, 0.5) is 0 Å². The van der Waals surface area contributed by atoms with Crippen molar-refractivity contribution in [1.29, 1.82) is 0 Å². The topological polar surface area (TPSA) is 38.0 Å². The van der Waals surface area contributed by atoms with E-state index in [2.05, 4.69) is 33.0 Å². The number of nitrogens with two attached hydrogens (primary N) is 1. The molecular weight excluding hydrogens is 136 g/mol. The van der Waals surface area contributed by atoms with Crippen LogP contribution < -0.4 is 11.1 Å². The molecule has 0 aromatic rings. The van der Waals surface area contributed by atoms with Crippen molar-refractivity contribution in [3.8, 4) is 0 Å². The molecule has 0 saturated carbocycles. The molecular formula is C9H22N2. The Balaban J connectivity index is 3.44. The molecule has 0 spiro atoms. The third-order valence-electron chi connectivity index (χ3n) is 1.90. The predicted molar refractivity (Wildman–Crippen MR) is 50.6 cm³/mol. The van der Waals surface area contributed by atoms with Crippen LogP contribution in [0.15, 0.2) is 0 Å². The van der Waals surface area contributed by atoms with Crippen molar-refractivity contribution in [3.05, 3.63) is 0 Å². The average molecular weight is 158 g/mol. The van der Waals surface area contributed by atoms with Crippen LogP contribution in [0, 0.1) is 5.41 Å². The molecule has 0 radical (unpaired) electrons. The van der Waals surface area contributed by atoms with Gasteiger partial charge in [0.25, 0.3) is 0 Å². The first kappa shape index (κ1) is 10.9. The number of hydrogen-bond donors (Lipinski definition) is 2. The first-order valence-electron chi connectivity index (χ1n) is 4.44. The Bertz CT molecular complexity index is 94.2. The minimum absolute atomic E-state index is 0.223. The molecule has 0 saturated heterocycles. The summed E-state index contributed by atoms with van der Waals surface area (Å²) in [4.78, 5) is 0. The lowest BCUT2D eigenvalue weighted by molar-refractivity contribution is 0.310. The first-order chi connectivity index (χ1) is 4.98. The molecule has 2 heteroatoms. The molecule has 1 unspecified atom stereocenters. The van der Waals surface area contributed by atoms with Crippen LogP contribution in [0.5, 0.6) is 0 Å². The van der Waals surface area contributed by atoms with Crippen LogP contribution in [-0.4, -0.2) is 19.1 Å². The number of rotatable bonds is 4. The highest BCUT2D eigenvalue weighted by atomic mass is 14.9. The summed E-state index contributed by atoms with van der Waals surface area (Å²) in [7, 11) is 0. The molecule has 0 rings (SSSR count). The van der Waals surface area contributed by atoms with Crippen LogP contribution in [0.1, 0.15) is 34.1 Å². The first-order valence-corrected chi connectivity index (χ1v) is 4.44. The van der Waals surface area contributed by atoms with Gasteiger partial charge in [-0.25, -0.2) is 0 Å². The maximum atomic E-state index is 5.93. The Kier molecular flexibility index (Phi) is 4.69. The molecule has 11 heavy (non-hydrogen) atoms. The van der Waals surface area contributed by atoms with E-state index in [-0.39, 0.29) is 11.5 Å². The smallest absolute Gasteiger partial charge is 0.0214 e. The molecule has 1 atom stereocenters. The largest absolute Gasteiger partial charge is 0.326 e. The van der Waals surface area contributed by atoms with Crippen LogP contribution in [-0.2, 0) is 0 Å². The highest BCUT2D eigenvalue weighted by Gasteiger charge is 2.19. The van der Waals surface area contributed by atoms with Gasteiger partial charge >= 0.3 is 0 Å². The van der Waals surface area contributed by atoms with Gasteiger partial charge in [0.2, 0.25) is 0 Å². The van der Waals surface area contributed by atoms with E-state index >= 15 is 0 Å². The van der Waals surface area contributed by atoms with Crippen LogP contribution in [0.25, 0.3) is 0 Å². The standard InChI is InChI=1S/C9H22N2/c1-5-6-11-7-8(10)9(2,3)4/h8,11H,5-7,10H2,1-4H3. The summed E-state index contributed by atoms with van der Waals surface area (Å²) in [5.74, 6) is 0. The van der Waals surface area contributed by atoms with Crippen molar-refractivity contribution < 1.29 is 0 Å². The highest BCUT2D eigenvalue weighted by molar-refractivity contribution is 4.78. The molecule has 0 aliphatic heterocycles. The normalized spacial score (nSPS) is 15.0. The predicted octanol–water partition coefficient (Wildman–Crippen LogP) is 1.36. The average Bonchev–Trinajstić information content (AvgIpc) is 1.86. The Morgan fingerprint density at radius 3 is 2.27 bits per heavy atom. The van der Waals surface area contributed by atoms with E-state index in [4.69, 9.17) is 5.73 Å². The molecule has 68 valence electrons. The lowest BCUT2D eigenvalue weighted by Gasteiger charge is -2.27. The third-order valence-corrected chi connectivity index (χ3v) is 1.90. The highest BCUT2D eigenvalue weighted by Crippen LogP contribution is 2.16. The molecule has 3 N–H and O–H groups in total. The van der Waals surface area contributed by atoms with Gasteiger partial charge in [0.15, 0.2) is 0 Å². The van der Waals surface area contributed by atoms with Crippen molar-refractivity contribution in [2.24, 2.45) is 11.1 Å². The summed E-state index contributed by atoms with van der Waals surface area (Å²) in [6, 6.07) is 0.258. The molecule has 0 aliphatic carbocycles. The van der Waals surface area contributed by atoms with E-state index < -0.39 is 0 Å². The summed E-state index contributed by atoms with van der Waals surface area (Å²) in [6.07, 6.45) is 1.18. The van der Waals surface area contributed by atoms with Gasteiger partial charge in [0.1, 0.15) is 0 Å². The third kappa shape index (κ3) is 5.22. The second-order valence-corrected chi connectivity index (χ2v) is 4.18. The van der Waals surface area contributed by atoms with Crippen molar-refractivity contribution >= 4 is 0 Å². The summed E-state index contributed by atoms with van der Waals surface area (Å²) < 4.78 is 0. The molecule has 0 aromatic heterocycles. The Hall–Kier alpha value is -0.0800. The molecule has 0 amide bonds. The van der Waals surface area contributed by atoms with Gasteiger partial charge in [-0.15, -0.1) is 0 Å². The van der Waals surface area contributed by atoms with Gasteiger partial charge < -0.3 is 11.1 Å². The number of hydrogen-bond acceptors (Lipinski definition) is 2.